The number of carbonyl (C=O) groups excluding carboxylic acids is 2. The molecule has 9 rings (SSSR count). The third-order valence-electron chi connectivity index (χ3n) is 13.8. The molecule has 1 aliphatic carbocycles. The lowest BCUT2D eigenvalue weighted by Crippen LogP contribution is -2.55. The van der Waals surface area contributed by atoms with E-state index in [-0.39, 0.29) is 42.7 Å². The number of aliphatic hydroxyl groups excluding tert-OH is 1. The van der Waals surface area contributed by atoms with Crippen molar-refractivity contribution in [1.82, 2.24) is 38.8 Å². The number of halogens is 3. The van der Waals surface area contributed by atoms with Crippen molar-refractivity contribution >= 4 is 39.8 Å². The molecule has 1 atom stereocenters. The van der Waals surface area contributed by atoms with Crippen molar-refractivity contribution in [3.8, 4) is 11.1 Å². The van der Waals surface area contributed by atoms with Crippen LogP contribution in [0.3, 0.4) is 0 Å². The summed E-state index contributed by atoms with van der Waals surface area (Å²) < 4.78 is 43.7. The summed E-state index contributed by atoms with van der Waals surface area (Å²) in [5, 5.41) is 16.1. The maximum Gasteiger partial charge on any atom is 0.390 e. The van der Waals surface area contributed by atoms with Gasteiger partial charge >= 0.3 is 11.9 Å². The number of imidazole rings is 1. The van der Waals surface area contributed by atoms with Gasteiger partial charge in [-0.25, -0.2) is 9.78 Å². The number of imide groups is 1. The number of piperidine rings is 2. The summed E-state index contributed by atoms with van der Waals surface area (Å²) in [6.07, 6.45) is 7.33. The van der Waals surface area contributed by atoms with Gasteiger partial charge in [0.05, 0.1) is 23.6 Å². The van der Waals surface area contributed by atoms with Gasteiger partial charge in [0.25, 0.3) is 0 Å². The molecule has 330 valence electrons. The van der Waals surface area contributed by atoms with E-state index in [0.29, 0.717) is 36.9 Å². The summed E-state index contributed by atoms with van der Waals surface area (Å²) in [4.78, 5) is 51.6. The van der Waals surface area contributed by atoms with Crippen LogP contribution in [0.4, 0.5) is 19.1 Å². The molecule has 0 unspecified atom stereocenters. The lowest BCUT2D eigenvalue weighted by atomic mass is 9.89. The highest BCUT2D eigenvalue weighted by atomic mass is 19.4. The van der Waals surface area contributed by atoms with Crippen LogP contribution >= 0.6 is 0 Å². The van der Waals surface area contributed by atoms with Crippen LogP contribution in [-0.4, -0.2) is 101 Å². The first-order chi connectivity index (χ1) is 29.9. The monoisotopic (exact) mass is 855 g/mol. The molecule has 3 aromatic heterocycles. The molecule has 3 N–H and O–H groups in total. The average Bonchev–Trinajstić information content (AvgIpc) is 3.73. The molecule has 3 saturated heterocycles. The Morgan fingerprint density at radius 3 is 2.37 bits per heavy atom. The third-order valence-corrected chi connectivity index (χ3v) is 13.8. The Labute approximate surface area is 358 Å². The fourth-order valence-electron chi connectivity index (χ4n) is 10.2. The average molecular weight is 856 g/mol. The molecule has 16 heteroatoms. The maximum atomic E-state index is 13.1. The molecule has 4 aliphatic rings. The minimum Gasteiger partial charge on any atom is -0.393 e. The fourth-order valence-corrected chi connectivity index (χ4v) is 10.2. The van der Waals surface area contributed by atoms with Crippen LogP contribution in [0.5, 0.6) is 0 Å². The molecule has 6 heterocycles. The van der Waals surface area contributed by atoms with E-state index < -0.39 is 24.5 Å². The highest BCUT2D eigenvalue weighted by Crippen LogP contribution is 2.37. The third kappa shape index (κ3) is 9.04. The van der Waals surface area contributed by atoms with Gasteiger partial charge in [-0.3, -0.25) is 33.8 Å². The summed E-state index contributed by atoms with van der Waals surface area (Å²) >= 11 is 0. The lowest BCUT2D eigenvalue weighted by Gasteiger charge is -2.47. The number of carbonyl (C=O) groups is 2. The van der Waals surface area contributed by atoms with Crippen LogP contribution in [0.15, 0.2) is 59.7 Å². The number of alkyl halides is 3. The van der Waals surface area contributed by atoms with Crippen molar-refractivity contribution in [3.05, 3.63) is 76.5 Å². The Morgan fingerprint density at radius 2 is 1.65 bits per heavy atom. The van der Waals surface area contributed by atoms with E-state index >= 15 is 0 Å². The predicted octanol–water partition coefficient (Wildman–Crippen LogP) is 6.49. The molecule has 13 nitrogen and oxygen atoms in total. The summed E-state index contributed by atoms with van der Waals surface area (Å²) in [6.45, 7) is 5.01. The van der Waals surface area contributed by atoms with E-state index in [0.717, 1.165) is 98.8 Å². The first-order valence-corrected chi connectivity index (χ1v) is 22.3. The van der Waals surface area contributed by atoms with Crippen LogP contribution in [-0.2, 0) is 29.6 Å². The second kappa shape index (κ2) is 17.6. The van der Waals surface area contributed by atoms with E-state index in [1.54, 1.807) is 17.8 Å². The van der Waals surface area contributed by atoms with Crippen molar-refractivity contribution in [3.63, 3.8) is 0 Å². The standard InChI is InChI=1S/C46H56F3N9O4/c1-54-40-23-29(7-14-38(40)58(45(54)62)39-15-16-41(60)52-43(39)61)3-2-4-31-26-56(27-31)33-17-21-55(22-18-33)25-30-5-8-32(9-6-30)37-28-57(34-10-12-35(59)13-11-34)42-36(37)24-51-44(53-42)50-20-19-46(47,48)49/h5-9,14,23-24,28,31,33-35,39,59H,2-4,10-13,15-22,25-27H2,1H3,(H,50,51,53)(H,52,60,61)/t34-,35-,39-/m0/s1. The van der Waals surface area contributed by atoms with E-state index in [1.165, 1.54) is 22.1 Å². The Balaban J connectivity index is 0.747. The van der Waals surface area contributed by atoms with Crippen LogP contribution in [0.25, 0.3) is 33.2 Å². The number of benzene rings is 2. The van der Waals surface area contributed by atoms with Gasteiger partial charge in [0.1, 0.15) is 11.7 Å². The summed E-state index contributed by atoms with van der Waals surface area (Å²) in [6, 6.07) is 14.8. The molecular formula is C46H56F3N9O4. The molecule has 0 radical (unpaired) electrons. The van der Waals surface area contributed by atoms with Crippen LogP contribution < -0.4 is 16.3 Å². The molecule has 2 amide bonds. The number of amides is 2. The summed E-state index contributed by atoms with van der Waals surface area (Å²) in [5.74, 6) is 0.164. The molecule has 2 aromatic carbocycles. The van der Waals surface area contributed by atoms with Gasteiger partial charge in [-0.1, -0.05) is 30.3 Å². The van der Waals surface area contributed by atoms with Crippen LogP contribution in [0.1, 0.15) is 93.8 Å². The smallest absolute Gasteiger partial charge is 0.390 e. The van der Waals surface area contributed by atoms with Crippen molar-refractivity contribution in [2.45, 2.75) is 114 Å². The number of hydrogen-bond acceptors (Lipinski definition) is 9. The van der Waals surface area contributed by atoms with Crippen molar-refractivity contribution in [1.29, 1.82) is 0 Å². The van der Waals surface area contributed by atoms with E-state index in [1.807, 2.05) is 6.07 Å². The number of rotatable bonds is 13. The van der Waals surface area contributed by atoms with Gasteiger partial charge in [-0.05, 0) is 112 Å². The van der Waals surface area contributed by atoms with Crippen molar-refractivity contribution in [2.24, 2.45) is 13.0 Å². The van der Waals surface area contributed by atoms with Gasteiger partial charge in [-0.2, -0.15) is 18.2 Å². The summed E-state index contributed by atoms with van der Waals surface area (Å²) in [7, 11) is 1.74. The van der Waals surface area contributed by atoms with Crippen LogP contribution in [0.2, 0.25) is 0 Å². The number of nitrogens with one attached hydrogen (secondary N) is 2. The highest BCUT2D eigenvalue weighted by molar-refractivity contribution is 6.00. The Bertz CT molecular complexity index is 2470. The number of aryl methyl sites for hydroxylation is 2. The van der Waals surface area contributed by atoms with E-state index in [9.17, 15) is 32.7 Å². The largest absolute Gasteiger partial charge is 0.393 e. The molecule has 1 saturated carbocycles. The van der Waals surface area contributed by atoms with Gasteiger partial charge in [0.2, 0.25) is 17.8 Å². The topological polar surface area (TPSA) is 143 Å². The molecule has 5 aromatic rings. The zero-order valence-corrected chi connectivity index (χ0v) is 35.2. The highest BCUT2D eigenvalue weighted by Gasteiger charge is 2.35. The number of fused-ring (bicyclic) bond motifs is 2. The predicted molar refractivity (Wildman–Crippen MR) is 231 cm³/mol. The number of likely N-dealkylation sites (tertiary alicyclic amines) is 2. The zero-order chi connectivity index (χ0) is 43.1. The zero-order valence-electron chi connectivity index (χ0n) is 35.2. The molecule has 4 fully saturated rings. The van der Waals surface area contributed by atoms with Gasteiger partial charge in [-0.15, -0.1) is 0 Å². The van der Waals surface area contributed by atoms with E-state index in [2.05, 4.69) is 72.6 Å². The number of aliphatic hydroxyl groups is 1. The normalized spacial score (nSPS) is 22.4. The number of aromatic nitrogens is 5. The van der Waals surface area contributed by atoms with Gasteiger partial charge < -0.3 is 15.0 Å². The first kappa shape index (κ1) is 42.3. The van der Waals surface area contributed by atoms with Gasteiger partial charge in [0, 0.05) is 75.1 Å². The SMILES string of the molecule is Cn1c(=O)n([C@H]2CCC(=O)NC2=O)c2ccc(CCCC3CN(C4CCN(Cc5ccc(-c6cn([C@H]7CC[C@H](O)CC7)c7nc(NCCC(F)(F)F)ncc67)cc5)CC4)C3)cc21. The Morgan fingerprint density at radius 1 is 0.903 bits per heavy atom. The second-order valence-electron chi connectivity index (χ2n) is 18.1. The molecule has 3 aliphatic heterocycles. The fraction of sp³-hybridized carbons (Fsp3) is 0.543. The maximum absolute atomic E-state index is 13.1. The second-order valence-corrected chi connectivity index (χ2v) is 18.1. The van der Waals surface area contributed by atoms with Crippen LogP contribution in [0, 0.1) is 5.92 Å². The number of nitrogens with zero attached hydrogens (tertiary/aromatic N) is 7. The molecule has 62 heavy (non-hydrogen) atoms. The first-order valence-electron chi connectivity index (χ1n) is 22.3. The Hall–Kier alpha value is -5.06. The quantitative estimate of drug-likeness (QED) is 0.113. The number of anilines is 1. The molecule has 0 bridgehead atoms. The lowest BCUT2D eigenvalue weighted by molar-refractivity contribution is -0.136. The molecule has 0 spiro atoms. The van der Waals surface area contributed by atoms with Crippen molar-refractivity contribution < 1.29 is 27.9 Å². The van der Waals surface area contributed by atoms with Crippen molar-refractivity contribution in [2.75, 3.05) is 38.0 Å². The number of hydrogen-bond donors (Lipinski definition) is 3. The van der Waals surface area contributed by atoms with Gasteiger partial charge in [0.15, 0.2) is 0 Å². The minimum atomic E-state index is -4.26. The summed E-state index contributed by atoms with van der Waals surface area (Å²) in [5.41, 5.74) is 6.44. The van der Waals surface area contributed by atoms with E-state index in [4.69, 9.17) is 4.98 Å². The Kier molecular flexibility index (Phi) is 12.0. The minimum absolute atomic E-state index is 0.139. The molecular weight excluding hydrogens is 800 g/mol.